The average molecular weight is 590 g/mol. The number of fused-ring (bicyclic) bond motifs is 1. The molecule has 5 rings (SSSR count). The van der Waals surface area contributed by atoms with Gasteiger partial charge in [-0.2, -0.15) is 13.2 Å². The highest BCUT2D eigenvalue weighted by atomic mass is 19.4. The molecule has 0 aliphatic rings. The Balaban J connectivity index is 1.45. The number of rotatable bonds is 9. The first-order valence-corrected chi connectivity index (χ1v) is 13.8. The lowest BCUT2D eigenvalue weighted by Gasteiger charge is -2.24. The predicted molar refractivity (Wildman–Crippen MR) is 158 cm³/mol. The number of aliphatic carboxylic acids is 1. The second kappa shape index (κ2) is 11.7. The lowest BCUT2D eigenvalue weighted by atomic mass is 9.83. The molecule has 8 heteroatoms. The van der Waals surface area contributed by atoms with E-state index in [2.05, 4.69) is 0 Å². The summed E-state index contributed by atoms with van der Waals surface area (Å²) in [6.07, 6.45) is -4.58. The third-order valence-corrected chi connectivity index (χ3v) is 7.87. The quantitative estimate of drug-likeness (QED) is 0.174. The van der Waals surface area contributed by atoms with Crippen molar-refractivity contribution in [1.82, 2.24) is 4.90 Å². The topological polar surface area (TPSA) is 53.7 Å². The van der Waals surface area contributed by atoms with Crippen LogP contribution in [0, 0.1) is 12.7 Å². The first kappa shape index (κ1) is 30.0. The monoisotopic (exact) mass is 589 g/mol. The van der Waals surface area contributed by atoms with E-state index in [0.29, 0.717) is 24.0 Å². The lowest BCUT2D eigenvalue weighted by molar-refractivity contribution is -0.153. The van der Waals surface area contributed by atoms with Gasteiger partial charge in [-0.25, -0.2) is 4.39 Å². The van der Waals surface area contributed by atoms with E-state index in [-0.39, 0.29) is 18.1 Å². The Labute approximate surface area is 247 Å². The number of nitrogens with zero attached hydrogens (tertiary/aromatic N) is 1. The van der Waals surface area contributed by atoms with Crippen molar-refractivity contribution in [3.8, 4) is 11.1 Å². The summed E-state index contributed by atoms with van der Waals surface area (Å²) in [6, 6.07) is 25.9. The van der Waals surface area contributed by atoms with E-state index in [1.54, 1.807) is 32.0 Å². The summed E-state index contributed by atoms with van der Waals surface area (Å²) >= 11 is 0. The largest absolute Gasteiger partial charge is 0.481 e. The molecule has 0 amide bonds. The van der Waals surface area contributed by atoms with E-state index < -0.39 is 23.3 Å². The molecule has 0 radical (unpaired) electrons. The smallest absolute Gasteiger partial charge is 0.449 e. The molecule has 0 aliphatic carbocycles. The van der Waals surface area contributed by atoms with Crippen LogP contribution in [0.2, 0.25) is 0 Å². The van der Waals surface area contributed by atoms with Crippen LogP contribution in [0.5, 0.6) is 0 Å². The maximum absolute atomic E-state index is 14.6. The van der Waals surface area contributed by atoms with E-state index >= 15 is 0 Å². The van der Waals surface area contributed by atoms with Crippen LogP contribution in [0.25, 0.3) is 21.9 Å². The third kappa shape index (κ3) is 6.49. The van der Waals surface area contributed by atoms with E-state index in [4.69, 9.17) is 4.42 Å². The second-order valence-corrected chi connectivity index (χ2v) is 11.3. The number of benzene rings is 4. The van der Waals surface area contributed by atoms with Crippen molar-refractivity contribution in [3.63, 3.8) is 0 Å². The molecule has 0 saturated carbocycles. The van der Waals surface area contributed by atoms with Gasteiger partial charge in [0.05, 0.1) is 12.0 Å². The van der Waals surface area contributed by atoms with Gasteiger partial charge in [0.2, 0.25) is 5.76 Å². The molecule has 0 saturated heterocycles. The maximum atomic E-state index is 14.6. The van der Waals surface area contributed by atoms with Crippen LogP contribution in [-0.2, 0) is 36.0 Å². The number of hydrogen-bond acceptors (Lipinski definition) is 3. The number of furan rings is 1. The zero-order valence-electron chi connectivity index (χ0n) is 24.0. The molecule has 0 spiro atoms. The SMILES string of the molecule is Cc1ccc2c(F)cccc2c1CN(Cc1ccc(-c2cccc(C(C)(C)C(=O)O)c2)cc1)Cc1ccc(C(F)(F)F)o1. The van der Waals surface area contributed by atoms with Crippen LogP contribution >= 0.6 is 0 Å². The number of carbonyl (C=O) groups is 1. The second-order valence-electron chi connectivity index (χ2n) is 11.3. The molecule has 0 bridgehead atoms. The van der Waals surface area contributed by atoms with Crippen LogP contribution < -0.4 is 0 Å². The highest BCUT2D eigenvalue weighted by Crippen LogP contribution is 2.33. The molecule has 5 aromatic rings. The number of hydrogen-bond donors (Lipinski definition) is 1. The van der Waals surface area contributed by atoms with Crippen LogP contribution in [0.3, 0.4) is 0 Å². The number of carboxylic acid groups (broad SMARTS) is 1. The summed E-state index contributed by atoms with van der Waals surface area (Å²) in [5, 5.41) is 10.9. The highest BCUT2D eigenvalue weighted by Gasteiger charge is 2.35. The zero-order chi connectivity index (χ0) is 30.9. The zero-order valence-corrected chi connectivity index (χ0v) is 24.0. The molecule has 1 heterocycles. The van der Waals surface area contributed by atoms with Gasteiger partial charge in [0, 0.05) is 18.5 Å². The molecule has 222 valence electrons. The van der Waals surface area contributed by atoms with Gasteiger partial charge in [0.25, 0.3) is 0 Å². The number of carboxylic acids is 1. The van der Waals surface area contributed by atoms with Gasteiger partial charge >= 0.3 is 12.1 Å². The fraction of sp³-hybridized carbons (Fsp3) is 0.229. The normalized spacial score (nSPS) is 12.3. The average Bonchev–Trinajstić information content (AvgIpc) is 3.44. The van der Waals surface area contributed by atoms with Gasteiger partial charge in [-0.05, 0) is 77.7 Å². The van der Waals surface area contributed by atoms with Crippen molar-refractivity contribution in [2.45, 2.75) is 52.0 Å². The lowest BCUT2D eigenvalue weighted by Crippen LogP contribution is -2.28. The summed E-state index contributed by atoms with van der Waals surface area (Å²) in [7, 11) is 0. The van der Waals surface area contributed by atoms with Gasteiger partial charge in [-0.1, -0.05) is 72.8 Å². The Kier molecular flexibility index (Phi) is 8.16. The maximum Gasteiger partial charge on any atom is 0.449 e. The molecule has 4 aromatic carbocycles. The summed E-state index contributed by atoms with van der Waals surface area (Å²) in [4.78, 5) is 13.7. The Morgan fingerprint density at radius 1 is 0.814 bits per heavy atom. The minimum absolute atomic E-state index is 0.106. The molecule has 1 N–H and O–H groups in total. The molecule has 0 fully saturated rings. The Hall–Kier alpha value is -4.43. The van der Waals surface area contributed by atoms with Crippen LogP contribution in [-0.4, -0.2) is 16.0 Å². The molecule has 43 heavy (non-hydrogen) atoms. The van der Waals surface area contributed by atoms with Gasteiger partial charge in [0.1, 0.15) is 11.6 Å². The van der Waals surface area contributed by atoms with Crippen LogP contribution in [0.4, 0.5) is 17.6 Å². The van der Waals surface area contributed by atoms with Crippen LogP contribution in [0.1, 0.15) is 47.6 Å². The van der Waals surface area contributed by atoms with Crippen molar-refractivity contribution < 1.29 is 31.9 Å². The van der Waals surface area contributed by atoms with Crippen molar-refractivity contribution in [2.75, 3.05) is 0 Å². The third-order valence-electron chi connectivity index (χ3n) is 7.87. The molecule has 4 nitrogen and oxygen atoms in total. The van der Waals surface area contributed by atoms with Crippen molar-refractivity contribution in [3.05, 3.63) is 131 Å². The molecular formula is C35H31F4NO3. The van der Waals surface area contributed by atoms with E-state index in [1.807, 2.05) is 66.4 Å². The Morgan fingerprint density at radius 3 is 2.21 bits per heavy atom. The highest BCUT2D eigenvalue weighted by molar-refractivity contribution is 5.87. The predicted octanol–water partition coefficient (Wildman–Crippen LogP) is 9.13. The molecular weight excluding hydrogens is 558 g/mol. The van der Waals surface area contributed by atoms with Gasteiger partial charge in [0.15, 0.2) is 0 Å². The standard InChI is InChI=1S/C35H31F4NO3/c1-22-10-16-29-28(8-5-9-31(29)36)30(22)21-40(20-27-15-17-32(43-27)35(37,38)39)19-23-11-13-24(14-12-23)25-6-4-7-26(18-25)34(2,3)33(41)42/h4-18H,19-21H2,1-3H3,(H,41,42). The van der Waals surface area contributed by atoms with E-state index in [9.17, 15) is 27.5 Å². The molecule has 0 atom stereocenters. The van der Waals surface area contributed by atoms with Crippen LogP contribution in [0.15, 0.2) is 95.4 Å². The first-order chi connectivity index (χ1) is 20.3. The molecule has 1 aromatic heterocycles. The van der Waals surface area contributed by atoms with E-state index in [0.717, 1.165) is 39.3 Å². The van der Waals surface area contributed by atoms with Gasteiger partial charge in [-0.15, -0.1) is 0 Å². The summed E-state index contributed by atoms with van der Waals surface area (Å²) in [5.41, 5.74) is 4.16. The minimum atomic E-state index is -4.58. The van der Waals surface area contributed by atoms with Crippen molar-refractivity contribution in [1.29, 1.82) is 0 Å². The molecule has 0 unspecified atom stereocenters. The Morgan fingerprint density at radius 2 is 1.53 bits per heavy atom. The molecule has 0 aliphatic heterocycles. The number of aryl methyl sites for hydroxylation is 1. The first-order valence-electron chi connectivity index (χ1n) is 13.8. The van der Waals surface area contributed by atoms with E-state index in [1.165, 1.54) is 12.1 Å². The summed E-state index contributed by atoms with van der Waals surface area (Å²) < 4.78 is 59.4. The number of halogens is 4. The van der Waals surface area contributed by atoms with Crippen molar-refractivity contribution >= 4 is 16.7 Å². The minimum Gasteiger partial charge on any atom is -0.481 e. The summed E-state index contributed by atoms with van der Waals surface area (Å²) in [5.74, 6) is -2.13. The van der Waals surface area contributed by atoms with Gasteiger partial charge < -0.3 is 9.52 Å². The van der Waals surface area contributed by atoms with Crippen molar-refractivity contribution in [2.24, 2.45) is 0 Å². The fourth-order valence-electron chi connectivity index (χ4n) is 5.20. The fourth-order valence-corrected chi connectivity index (χ4v) is 5.20. The number of alkyl halides is 3. The van der Waals surface area contributed by atoms with Gasteiger partial charge in [-0.3, -0.25) is 9.69 Å². The summed E-state index contributed by atoms with van der Waals surface area (Å²) in [6.45, 7) is 6.10. The Bertz CT molecular complexity index is 1770.